The van der Waals surface area contributed by atoms with Gasteiger partial charge in [0.25, 0.3) is 0 Å². The normalized spacial score (nSPS) is 11.5. The van der Waals surface area contributed by atoms with Gasteiger partial charge in [-0.05, 0) is 36.4 Å². The van der Waals surface area contributed by atoms with Crippen molar-refractivity contribution in [1.82, 2.24) is 15.0 Å². The van der Waals surface area contributed by atoms with E-state index in [1.165, 1.54) is 0 Å². The Balaban J connectivity index is 1.29. The lowest BCUT2D eigenvalue weighted by Crippen LogP contribution is -2.10. The third kappa shape index (κ3) is 4.92. The zero-order chi connectivity index (χ0) is 33.7. The first kappa shape index (κ1) is 28.9. The van der Waals surface area contributed by atoms with Crippen LogP contribution in [0.3, 0.4) is 0 Å². The zero-order valence-corrected chi connectivity index (χ0v) is 27.3. The second-order valence-electron chi connectivity index (χ2n) is 12.4. The third-order valence-corrected chi connectivity index (χ3v) is 9.30. The average Bonchev–Trinajstić information content (AvgIpc) is 3.78. The molecule has 0 aliphatic carbocycles. The largest absolute Gasteiger partial charge is 0.456 e. The minimum absolute atomic E-state index is 0.552. The number of hydrogen-bond acceptors (Lipinski definition) is 6. The smallest absolute Gasteiger partial charge is 0.164 e. The second kappa shape index (κ2) is 11.8. The molecule has 0 N–H and O–H groups in total. The number of benzene rings is 7. The Bertz CT molecular complexity index is 2810. The van der Waals surface area contributed by atoms with E-state index in [0.29, 0.717) is 17.5 Å². The zero-order valence-electron chi connectivity index (χ0n) is 27.3. The first-order valence-electron chi connectivity index (χ1n) is 16.9. The van der Waals surface area contributed by atoms with Crippen molar-refractivity contribution in [2.45, 2.75) is 0 Å². The molecule has 240 valence electrons. The SMILES string of the molecule is c1ccc(-c2nc(-c3ccccc3)nc(-c3cc(N(c4ccccc4)c4cccc5c4oc4ccccc45)cc4oc5ccccc5c34)n2)cc1. The van der Waals surface area contributed by atoms with Gasteiger partial charge in [0, 0.05) is 50.0 Å². The van der Waals surface area contributed by atoms with Crippen LogP contribution in [0.5, 0.6) is 0 Å². The Labute approximate surface area is 292 Å². The van der Waals surface area contributed by atoms with Gasteiger partial charge in [0.1, 0.15) is 16.7 Å². The first-order chi connectivity index (χ1) is 25.3. The van der Waals surface area contributed by atoms with E-state index in [4.69, 9.17) is 23.8 Å². The van der Waals surface area contributed by atoms with Gasteiger partial charge < -0.3 is 13.7 Å². The molecule has 10 aromatic rings. The highest BCUT2D eigenvalue weighted by Crippen LogP contribution is 2.46. The van der Waals surface area contributed by atoms with E-state index in [1.54, 1.807) is 0 Å². The fraction of sp³-hybridized carbons (Fsp3) is 0. The van der Waals surface area contributed by atoms with Crippen LogP contribution in [0, 0.1) is 0 Å². The summed E-state index contributed by atoms with van der Waals surface area (Å²) in [5.41, 5.74) is 8.55. The third-order valence-electron chi connectivity index (χ3n) is 9.30. The minimum atomic E-state index is 0.552. The fourth-order valence-corrected chi connectivity index (χ4v) is 6.99. The molecule has 0 unspecified atom stereocenters. The average molecular weight is 657 g/mol. The quantitative estimate of drug-likeness (QED) is 0.177. The van der Waals surface area contributed by atoms with E-state index in [2.05, 4.69) is 59.5 Å². The van der Waals surface area contributed by atoms with Gasteiger partial charge in [-0.25, -0.2) is 15.0 Å². The maximum Gasteiger partial charge on any atom is 0.164 e. The molecular weight excluding hydrogens is 629 g/mol. The van der Waals surface area contributed by atoms with Crippen molar-refractivity contribution in [3.05, 3.63) is 170 Å². The monoisotopic (exact) mass is 656 g/mol. The van der Waals surface area contributed by atoms with Crippen LogP contribution in [-0.2, 0) is 0 Å². The Kier molecular flexibility index (Phi) is 6.70. The van der Waals surface area contributed by atoms with E-state index in [-0.39, 0.29) is 0 Å². The number of fused-ring (bicyclic) bond motifs is 6. The summed E-state index contributed by atoms with van der Waals surface area (Å²) in [6.45, 7) is 0. The van der Waals surface area contributed by atoms with Crippen molar-refractivity contribution in [3.63, 3.8) is 0 Å². The highest BCUT2D eigenvalue weighted by molar-refractivity contribution is 6.14. The summed E-state index contributed by atoms with van der Waals surface area (Å²) >= 11 is 0. The van der Waals surface area contributed by atoms with Gasteiger partial charge in [-0.15, -0.1) is 0 Å². The summed E-state index contributed by atoms with van der Waals surface area (Å²) in [6, 6.07) is 57.3. The molecule has 6 heteroatoms. The van der Waals surface area contributed by atoms with Gasteiger partial charge in [-0.2, -0.15) is 0 Å². The topological polar surface area (TPSA) is 68.2 Å². The van der Waals surface area contributed by atoms with Crippen molar-refractivity contribution in [2.24, 2.45) is 0 Å². The molecule has 0 fully saturated rings. The number of nitrogens with zero attached hydrogens (tertiary/aromatic N) is 4. The van der Waals surface area contributed by atoms with E-state index < -0.39 is 0 Å². The molecule has 6 nitrogen and oxygen atoms in total. The molecule has 0 amide bonds. The molecule has 7 aromatic carbocycles. The summed E-state index contributed by atoms with van der Waals surface area (Å²) in [6.07, 6.45) is 0. The van der Waals surface area contributed by atoms with Crippen LogP contribution in [-0.4, -0.2) is 15.0 Å². The lowest BCUT2D eigenvalue weighted by Gasteiger charge is -2.26. The molecule has 0 atom stereocenters. The summed E-state index contributed by atoms with van der Waals surface area (Å²) in [7, 11) is 0. The molecule has 0 saturated carbocycles. The van der Waals surface area contributed by atoms with Crippen LogP contribution >= 0.6 is 0 Å². The maximum absolute atomic E-state index is 6.62. The van der Waals surface area contributed by atoms with Crippen LogP contribution in [0.1, 0.15) is 0 Å². The van der Waals surface area contributed by atoms with E-state index in [0.717, 1.165) is 77.6 Å². The summed E-state index contributed by atoms with van der Waals surface area (Å²) in [4.78, 5) is 17.5. The Hall–Kier alpha value is -7.05. The van der Waals surface area contributed by atoms with E-state index in [9.17, 15) is 0 Å². The van der Waals surface area contributed by atoms with Gasteiger partial charge in [-0.1, -0.05) is 127 Å². The molecule has 0 bridgehead atoms. The Morgan fingerprint density at radius 3 is 1.63 bits per heavy atom. The lowest BCUT2D eigenvalue weighted by atomic mass is 10.0. The van der Waals surface area contributed by atoms with Crippen molar-refractivity contribution in [2.75, 3.05) is 4.90 Å². The fourth-order valence-electron chi connectivity index (χ4n) is 6.99. The van der Waals surface area contributed by atoms with Gasteiger partial charge in [0.15, 0.2) is 23.1 Å². The lowest BCUT2D eigenvalue weighted by molar-refractivity contribution is 0.667. The number of aromatic nitrogens is 3. The summed E-state index contributed by atoms with van der Waals surface area (Å²) in [5, 5.41) is 4.05. The van der Waals surface area contributed by atoms with Crippen molar-refractivity contribution in [1.29, 1.82) is 0 Å². The van der Waals surface area contributed by atoms with Gasteiger partial charge in [-0.3, -0.25) is 0 Å². The number of furan rings is 2. The summed E-state index contributed by atoms with van der Waals surface area (Å²) < 4.78 is 13.2. The highest BCUT2D eigenvalue weighted by Gasteiger charge is 2.24. The first-order valence-corrected chi connectivity index (χ1v) is 16.9. The number of hydrogen-bond donors (Lipinski definition) is 0. The Morgan fingerprint density at radius 2 is 0.941 bits per heavy atom. The van der Waals surface area contributed by atoms with Crippen molar-refractivity contribution >= 4 is 60.9 Å². The van der Waals surface area contributed by atoms with Gasteiger partial charge >= 0.3 is 0 Å². The molecule has 0 aliphatic rings. The molecule has 3 heterocycles. The van der Waals surface area contributed by atoms with Crippen LogP contribution in [0.2, 0.25) is 0 Å². The molecular formula is C45H28N4O2. The second-order valence-corrected chi connectivity index (χ2v) is 12.4. The number of rotatable bonds is 6. The minimum Gasteiger partial charge on any atom is -0.456 e. The predicted molar refractivity (Wildman–Crippen MR) is 205 cm³/mol. The standard InChI is InChI=1S/C45H28N4O2/c1-4-15-29(16-5-1)43-46-44(30-17-6-2-7-18-30)48-45(47-43)36-27-32(28-40-41(36)35-22-11-13-26-39(35)50-40)49(31-19-8-3-9-20-31)37-24-14-23-34-33-21-10-12-25-38(33)51-42(34)37/h1-28H. The number of para-hydroxylation sites is 4. The van der Waals surface area contributed by atoms with E-state index in [1.807, 2.05) is 115 Å². The van der Waals surface area contributed by atoms with Crippen LogP contribution in [0.4, 0.5) is 17.1 Å². The van der Waals surface area contributed by atoms with Gasteiger partial charge in [0.2, 0.25) is 0 Å². The molecule has 0 saturated heterocycles. The van der Waals surface area contributed by atoms with Crippen LogP contribution in [0.15, 0.2) is 179 Å². The van der Waals surface area contributed by atoms with Crippen molar-refractivity contribution < 1.29 is 8.83 Å². The molecule has 0 aliphatic heterocycles. The number of anilines is 3. The van der Waals surface area contributed by atoms with Crippen LogP contribution < -0.4 is 4.90 Å². The Morgan fingerprint density at radius 1 is 0.392 bits per heavy atom. The molecule has 3 aromatic heterocycles. The molecule has 51 heavy (non-hydrogen) atoms. The summed E-state index contributed by atoms with van der Waals surface area (Å²) in [5.74, 6) is 1.74. The molecule has 0 spiro atoms. The van der Waals surface area contributed by atoms with Crippen molar-refractivity contribution in [3.8, 4) is 34.2 Å². The predicted octanol–water partition coefficient (Wildman–Crippen LogP) is 12.1. The maximum atomic E-state index is 6.62. The van der Waals surface area contributed by atoms with Crippen LogP contribution in [0.25, 0.3) is 78.0 Å². The highest BCUT2D eigenvalue weighted by atomic mass is 16.3. The molecule has 0 radical (unpaired) electrons. The van der Waals surface area contributed by atoms with E-state index >= 15 is 0 Å². The molecule has 10 rings (SSSR count). The van der Waals surface area contributed by atoms with Gasteiger partial charge in [0.05, 0.1) is 11.4 Å².